The van der Waals surface area contributed by atoms with Gasteiger partial charge in [0, 0.05) is 10.7 Å². The summed E-state index contributed by atoms with van der Waals surface area (Å²) < 4.78 is 31.8. The van der Waals surface area contributed by atoms with Crippen LogP contribution in [0.15, 0.2) is 48.5 Å². The zero-order valence-corrected chi connectivity index (χ0v) is 15.0. The third-order valence-electron chi connectivity index (χ3n) is 3.82. The Balaban J connectivity index is 1.87. The minimum atomic E-state index is -3.53. The molecule has 1 aliphatic heterocycles. The van der Waals surface area contributed by atoms with E-state index in [0.29, 0.717) is 22.1 Å². The second-order valence-corrected chi connectivity index (χ2v) is 8.12. The molecule has 0 aromatic heterocycles. The number of hydrogen-bond donors (Lipinski definition) is 1. The van der Waals surface area contributed by atoms with Gasteiger partial charge in [-0.05, 0) is 37.3 Å². The summed E-state index contributed by atoms with van der Waals surface area (Å²) in [6, 6.07) is 13.5. The number of amides is 1. The molecule has 0 spiro atoms. The van der Waals surface area contributed by atoms with Gasteiger partial charge in [-0.2, -0.15) is 0 Å². The van der Waals surface area contributed by atoms with E-state index in [1.165, 1.54) is 4.31 Å². The summed E-state index contributed by atoms with van der Waals surface area (Å²) in [6.45, 7) is 1.48. The molecule has 1 N–H and O–H groups in total. The minimum Gasteiger partial charge on any atom is -0.476 e. The molecule has 132 valence electrons. The van der Waals surface area contributed by atoms with Crippen molar-refractivity contribution in [1.82, 2.24) is 0 Å². The van der Waals surface area contributed by atoms with Gasteiger partial charge in [0.2, 0.25) is 10.0 Å². The van der Waals surface area contributed by atoms with Crippen molar-refractivity contribution in [2.75, 3.05) is 21.9 Å². The maximum atomic E-state index is 12.5. The number of halogens is 1. The molecule has 0 saturated carbocycles. The van der Waals surface area contributed by atoms with Crippen LogP contribution in [-0.2, 0) is 14.8 Å². The molecule has 2 aromatic carbocycles. The van der Waals surface area contributed by atoms with E-state index in [-0.39, 0.29) is 12.3 Å². The van der Waals surface area contributed by atoms with Crippen LogP contribution in [0.2, 0.25) is 5.02 Å². The SMILES string of the molecule is CCS(=O)(=O)N1C[C@H](C(=O)Nc2cccc(Cl)c2)Oc2ccccc21. The van der Waals surface area contributed by atoms with E-state index in [4.69, 9.17) is 16.3 Å². The zero-order valence-electron chi connectivity index (χ0n) is 13.5. The van der Waals surface area contributed by atoms with Crippen molar-refractivity contribution in [3.63, 3.8) is 0 Å². The van der Waals surface area contributed by atoms with Gasteiger partial charge in [-0.1, -0.05) is 29.8 Å². The van der Waals surface area contributed by atoms with E-state index in [0.717, 1.165) is 0 Å². The third-order valence-corrected chi connectivity index (χ3v) is 5.80. The summed E-state index contributed by atoms with van der Waals surface area (Å²) in [4.78, 5) is 12.5. The third kappa shape index (κ3) is 3.72. The first-order chi connectivity index (χ1) is 11.9. The van der Waals surface area contributed by atoms with Crippen LogP contribution in [0.5, 0.6) is 5.75 Å². The lowest BCUT2D eigenvalue weighted by Gasteiger charge is -2.34. The molecule has 1 aliphatic rings. The summed E-state index contributed by atoms with van der Waals surface area (Å²) in [5, 5.41) is 3.19. The largest absolute Gasteiger partial charge is 0.476 e. The lowest BCUT2D eigenvalue weighted by Crippen LogP contribution is -2.49. The Kier molecular flexibility index (Phi) is 4.87. The van der Waals surface area contributed by atoms with E-state index < -0.39 is 22.0 Å². The number of hydrogen-bond acceptors (Lipinski definition) is 4. The fraction of sp³-hybridized carbons (Fsp3) is 0.235. The molecule has 0 saturated heterocycles. The van der Waals surface area contributed by atoms with Crippen molar-refractivity contribution in [3.8, 4) is 5.75 Å². The Bertz CT molecular complexity index is 901. The summed E-state index contributed by atoms with van der Waals surface area (Å²) in [7, 11) is -3.53. The monoisotopic (exact) mass is 380 g/mol. The van der Waals surface area contributed by atoms with Gasteiger partial charge in [-0.3, -0.25) is 9.10 Å². The van der Waals surface area contributed by atoms with Crippen LogP contribution in [0, 0.1) is 0 Å². The Morgan fingerprint density at radius 3 is 2.76 bits per heavy atom. The van der Waals surface area contributed by atoms with Gasteiger partial charge in [0.25, 0.3) is 5.91 Å². The summed E-state index contributed by atoms with van der Waals surface area (Å²) in [5.41, 5.74) is 0.959. The number of anilines is 2. The average Bonchev–Trinajstić information content (AvgIpc) is 2.60. The highest BCUT2D eigenvalue weighted by Crippen LogP contribution is 2.35. The fourth-order valence-corrected chi connectivity index (χ4v) is 3.86. The summed E-state index contributed by atoms with van der Waals surface area (Å²) in [5.74, 6) is -0.144. The number of fused-ring (bicyclic) bond motifs is 1. The predicted octanol–water partition coefficient (Wildman–Crippen LogP) is 2.90. The van der Waals surface area contributed by atoms with Gasteiger partial charge in [0.05, 0.1) is 18.0 Å². The van der Waals surface area contributed by atoms with Crippen LogP contribution in [0.3, 0.4) is 0 Å². The van der Waals surface area contributed by atoms with Crippen LogP contribution >= 0.6 is 11.6 Å². The van der Waals surface area contributed by atoms with Gasteiger partial charge >= 0.3 is 0 Å². The maximum Gasteiger partial charge on any atom is 0.267 e. The normalized spacial score (nSPS) is 16.7. The van der Waals surface area contributed by atoms with Gasteiger partial charge in [-0.15, -0.1) is 0 Å². The van der Waals surface area contributed by atoms with Crippen LogP contribution < -0.4 is 14.4 Å². The number of benzene rings is 2. The fourth-order valence-electron chi connectivity index (χ4n) is 2.55. The number of rotatable bonds is 4. The molecule has 0 bridgehead atoms. The van der Waals surface area contributed by atoms with Crippen molar-refractivity contribution in [3.05, 3.63) is 53.6 Å². The molecule has 0 unspecified atom stereocenters. The molecule has 3 rings (SSSR count). The van der Waals surface area contributed by atoms with Crippen LogP contribution in [0.4, 0.5) is 11.4 Å². The predicted molar refractivity (Wildman–Crippen MR) is 97.7 cm³/mol. The highest BCUT2D eigenvalue weighted by atomic mass is 35.5. The first kappa shape index (κ1) is 17.6. The first-order valence-electron chi connectivity index (χ1n) is 7.73. The lowest BCUT2D eigenvalue weighted by atomic mass is 10.2. The molecule has 0 aliphatic carbocycles. The topological polar surface area (TPSA) is 75.7 Å². The smallest absolute Gasteiger partial charge is 0.267 e. The highest BCUT2D eigenvalue weighted by Gasteiger charge is 2.35. The Labute approximate surface area is 151 Å². The minimum absolute atomic E-state index is 0.0655. The van der Waals surface area contributed by atoms with E-state index in [1.807, 2.05) is 0 Å². The number of nitrogens with one attached hydrogen (secondary N) is 1. The number of carbonyl (C=O) groups excluding carboxylic acids is 1. The van der Waals surface area contributed by atoms with Crippen molar-refractivity contribution in [2.45, 2.75) is 13.0 Å². The van der Waals surface area contributed by atoms with Crippen molar-refractivity contribution >= 4 is 38.9 Å². The molecular formula is C17H17ClN2O4S. The van der Waals surface area contributed by atoms with Gasteiger partial charge in [0.15, 0.2) is 6.10 Å². The molecular weight excluding hydrogens is 364 g/mol. The molecule has 1 heterocycles. The molecule has 2 aromatic rings. The van der Waals surface area contributed by atoms with E-state index in [1.54, 1.807) is 55.5 Å². The molecule has 0 fully saturated rings. The molecule has 8 heteroatoms. The number of sulfonamides is 1. The average molecular weight is 381 g/mol. The van der Waals surface area contributed by atoms with E-state index in [9.17, 15) is 13.2 Å². The summed E-state index contributed by atoms with van der Waals surface area (Å²) >= 11 is 5.91. The Hall–Kier alpha value is -2.25. The standard InChI is InChI=1S/C17H17ClN2O4S/c1-2-25(22,23)20-11-16(24-15-9-4-3-8-14(15)20)17(21)19-13-7-5-6-12(18)10-13/h3-10,16H,2,11H2,1H3,(H,19,21)/t16-/m1/s1. The van der Waals surface area contributed by atoms with Crippen LogP contribution in [0.25, 0.3) is 0 Å². The van der Waals surface area contributed by atoms with Crippen molar-refractivity contribution < 1.29 is 17.9 Å². The van der Waals surface area contributed by atoms with E-state index >= 15 is 0 Å². The van der Waals surface area contributed by atoms with Gasteiger partial charge < -0.3 is 10.1 Å². The van der Waals surface area contributed by atoms with E-state index in [2.05, 4.69) is 5.32 Å². The van der Waals surface area contributed by atoms with Crippen molar-refractivity contribution in [2.24, 2.45) is 0 Å². The first-order valence-corrected chi connectivity index (χ1v) is 9.72. The summed E-state index contributed by atoms with van der Waals surface area (Å²) in [6.07, 6.45) is -0.963. The zero-order chi connectivity index (χ0) is 18.0. The van der Waals surface area contributed by atoms with Gasteiger partial charge in [0.1, 0.15) is 5.75 Å². The molecule has 1 amide bonds. The van der Waals surface area contributed by atoms with Crippen LogP contribution in [-0.4, -0.2) is 32.7 Å². The second-order valence-electron chi connectivity index (χ2n) is 5.51. The lowest BCUT2D eigenvalue weighted by molar-refractivity contribution is -0.122. The number of nitrogens with zero attached hydrogens (tertiary/aromatic N) is 1. The number of para-hydroxylation sites is 2. The Morgan fingerprint density at radius 1 is 1.28 bits per heavy atom. The molecule has 1 atom stereocenters. The van der Waals surface area contributed by atoms with Gasteiger partial charge in [-0.25, -0.2) is 8.42 Å². The van der Waals surface area contributed by atoms with Crippen LogP contribution in [0.1, 0.15) is 6.92 Å². The quantitative estimate of drug-likeness (QED) is 0.884. The van der Waals surface area contributed by atoms with Crippen molar-refractivity contribution in [1.29, 1.82) is 0 Å². The molecule has 0 radical (unpaired) electrons. The molecule has 6 nitrogen and oxygen atoms in total. The maximum absolute atomic E-state index is 12.5. The highest BCUT2D eigenvalue weighted by molar-refractivity contribution is 7.92. The number of ether oxygens (including phenoxy) is 1. The Morgan fingerprint density at radius 2 is 2.04 bits per heavy atom. The second kappa shape index (κ2) is 6.93. The molecule has 25 heavy (non-hydrogen) atoms. The number of carbonyl (C=O) groups is 1.